The first kappa shape index (κ1) is 9.45. The molecule has 0 amide bonds. The molecule has 0 spiro atoms. The second-order valence-corrected chi connectivity index (χ2v) is 4.21. The molecule has 3 rings (SSSR count). The Morgan fingerprint density at radius 1 is 1.31 bits per heavy atom. The summed E-state index contributed by atoms with van der Waals surface area (Å²) in [6.07, 6.45) is 8.91. The fourth-order valence-electron chi connectivity index (χ4n) is 2.34. The molecule has 5 nitrogen and oxygen atoms in total. The summed E-state index contributed by atoms with van der Waals surface area (Å²) in [6, 6.07) is 0. The lowest BCUT2D eigenvalue weighted by Crippen LogP contribution is -2.01. The van der Waals surface area contributed by atoms with Gasteiger partial charge in [-0.3, -0.25) is 9.20 Å². The highest BCUT2D eigenvalue weighted by Gasteiger charge is 2.22. The number of rotatable bonds is 2. The predicted molar refractivity (Wildman–Crippen MR) is 57.4 cm³/mol. The van der Waals surface area contributed by atoms with E-state index >= 15 is 0 Å². The topological polar surface area (TPSA) is 60.2 Å². The van der Waals surface area contributed by atoms with Gasteiger partial charge >= 0.3 is 0 Å². The molecule has 0 aromatic carbocycles. The number of aromatic nitrogens is 4. The first-order valence-electron chi connectivity index (χ1n) is 5.54. The molecule has 0 atom stereocenters. The fraction of sp³-hybridized carbons (Fsp3) is 0.455. The van der Waals surface area contributed by atoms with E-state index in [0.29, 0.717) is 17.3 Å². The number of hydrogen-bond donors (Lipinski definition) is 0. The highest BCUT2D eigenvalue weighted by molar-refractivity contribution is 5.73. The van der Waals surface area contributed by atoms with Crippen LogP contribution in [0, 0.1) is 0 Å². The predicted octanol–water partition coefficient (Wildman–Crippen LogP) is 1.59. The molecule has 82 valence electrons. The molecule has 2 heterocycles. The number of fused-ring (bicyclic) bond motifs is 1. The van der Waals surface area contributed by atoms with E-state index in [2.05, 4.69) is 15.2 Å². The van der Waals surface area contributed by atoms with E-state index in [9.17, 15) is 4.79 Å². The molecule has 0 aliphatic heterocycles. The molecule has 1 saturated carbocycles. The van der Waals surface area contributed by atoms with Gasteiger partial charge in [0.25, 0.3) is 5.78 Å². The Kier molecular flexibility index (Phi) is 2.16. The lowest BCUT2D eigenvalue weighted by Gasteiger charge is -2.05. The molecular weight excluding hydrogens is 204 g/mol. The zero-order valence-electron chi connectivity index (χ0n) is 8.83. The summed E-state index contributed by atoms with van der Waals surface area (Å²) in [5.41, 5.74) is 0.562. The van der Waals surface area contributed by atoms with Gasteiger partial charge in [-0.15, -0.1) is 10.2 Å². The minimum Gasteiger partial charge on any atom is -0.298 e. The molecule has 2 aromatic rings. The standard InChI is InChI=1S/C11H12N4O/c16-7-8-5-12-11-14-13-10(15(11)6-8)9-3-1-2-4-9/h5-7,9H,1-4H2. The smallest absolute Gasteiger partial charge is 0.254 e. The van der Waals surface area contributed by atoms with Gasteiger partial charge in [-0.25, -0.2) is 4.98 Å². The summed E-state index contributed by atoms with van der Waals surface area (Å²) in [5, 5.41) is 8.21. The summed E-state index contributed by atoms with van der Waals surface area (Å²) < 4.78 is 1.85. The molecule has 1 fully saturated rings. The van der Waals surface area contributed by atoms with Gasteiger partial charge in [0.1, 0.15) is 5.82 Å². The summed E-state index contributed by atoms with van der Waals surface area (Å²) in [4.78, 5) is 14.8. The minimum atomic E-state index is 0.471. The molecule has 2 aromatic heterocycles. The molecule has 1 aliphatic carbocycles. The van der Waals surface area contributed by atoms with Crippen LogP contribution in [0.5, 0.6) is 0 Å². The van der Waals surface area contributed by atoms with Crippen LogP contribution in [-0.4, -0.2) is 25.9 Å². The van der Waals surface area contributed by atoms with Crippen molar-refractivity contribution in [3.63, 3.8) is 0 Å². The quantitative estimate of drug-likeness (QED) is 0.715. The van der Waals surface area contributed by atoms with Crippen molar-refractivity contribution in [1.82, 2.24) is 19.6 Å². The third-order valence-corrected chi connectivity index (χ3v) is 3.17. The number of hydrogen-bond acceptors (Lipinski definition) is 4. The Bertz CT molecular complexity index is 528. The van der Waals surface area contributed by atoms with Gasteiger partial charge in [0.15, 0.2) is 6.29 Å². The van der Waals surface area contributed by atoms with E-state index < -0.39 is 0 Å². The van der Waals surface area contributed by atoms with Crippen LogP contribution in [0.25, 0.3) is 5.78 Å². The van der Waals surface area contributed by atoms with Crippen molar-refractivity contribution >= 4 is 12.1 Å². The van der Waals surface area contributed by atoms with Gasteiger partial charge in [0.05, 0.1) is 0 Å². The van der Waals surface area contributed by atoms with E-state index in [1.807, 2.05) is 4.40 Å². The molecule has 0 bridgehead atoms. The first-order chi connectivity index (χ1) is 7.88. The van der Waals surface area contributed by atoms with Crippen molar-refractivity contribution in [1.29, 1.82) is 0 Å². The Balaban J connectivity index is 2.13. The van der Waals surface area contributed by atoms with Crippen LogP contribution in [0.2, 0.25) is 0 Å². The summed E-state index contributed by atoms with van der Waals surface area (Å²) >= 11 is 0. The maximum Gasteiger partial charge on any atom is 0.254 e. The molecular formula is C11H12N4O. The maximum atomic E-state index is 10.7. The van der Waals surface area contributed by atoms with E-state index in [1.54, 1.807) is 6.20 Å². The zero-order chi connectivity index (χ0) is 11.0. The summed E-state index contributed by atoms with van der Waals surface area (Å²) in [7, 11) is 0. The monoisotopic (exact) mass is 216 g/mol. The Morgan fingerprint density at radius 2 is 2.12 bits per heavy atom. The lowest BCUT2D eigenvalue weighted by atomic mass is 10.1. The fourth-order valence-corrected chi connectivity index (χ4v) is 2.34. The number of carbonyl (C=O) groups excluding carboxylic acids is 1. The van der Waals surface area contributed by atoms with E-state index in [0.717, 1.165) is 25.0 Å². The highest BCUT2D eigenvalue weighted by atomic mass is 16.1. The third kappa shape index (κ3) is 1.39. The molecule has 1 aliphatic rings. The second-order valence-electron chi connectivity index (χ2n) is 4.21. The van der Waals surface area contributed by atoms with Crippen molar-refractivity contribution < 1.29 is 4.79 Å². The Hall–Kier alpha value is -1.78. The normalized spacial score (nSPS) is 17.0. The first-order valence-corrected chi connectivity index (χ1v) is 5.54. The number of nitrogens with zero attached hydrogens (tertiary/aromatic N) is 4. The summed E-state index contributed by atoms with van der Waals surface area (Å²) in [6.45, 7) is 0. The number of carbonyl (C=O) groups is 1. The van der Waals surface area contributed by atoms with Gasteiger partial charge in [-0.05, 0) is 12.8 Å². The van der Waals surface area contributed by atoms with E-state index in [1.165, 1.54) is 19.0 Å². The Morgan fingerprint density at radius 3 is 2.88 bits per heavy atom. The van der Waals surface area contributed by atoms with Crippen LogP contribution in [0.15, 0.2) is 12.4 Å². The molecule has 0 radical (unpaired) electrons. The van der Waals surface area contributed by atoms with Crippen LogP contribution in [-0.2, 0) is 0 Å². The summed E-state index contributed by atoms with van der Waals surface area (Å²) in [5.74, 6) is 2.00. The van der Waals surface area contributed by atoms with Crippen LogP contribution >= 0.6 is 0 Å². The van der Waals surface area contributed by atoms with Gasteiger partial charge in [0.2, 0.25) is 0 Å². The SMILES string of the molecule is O=Cc1cnc2nnc(C3CCCC3)n2c1. The van der Waals surface area contributed by atoms with Crippen LogP contribution in [0.3, 0.4) is 0 Å². The zero-order valence-corrected chi connectivity index (χ0v) is 8.83. The van der Waals surface area contributed by atoms with Crippen LogP contribution in [0.4, 0.5) is 0 Å². The maximum absolute atomic E-state index is 10.7. The van der Waals surface area contributed by atoms with Crippen molar-refractivity contribution in [2.75, 3.05) is 0 Å². The molecule has 0 unspecified atom stereocenters. The average Bonchev–Trinajstić information content (AvgIpc) is 2.96. The van der Waals surface area contributed by atoms with Crippen molar-refractivity contribution in [3.05, 3.63) is 23.8 Å². The van der Waals surface area contributed by atoms with Crippen molar-refractivity contribution in [2.45, 2.75) is 31.6 Å². The third-order valence-electron chi connectivity index (χ3n) is 3.17. The van der Waals surface area contributed by atoms with Gasteiger partial charge in [-0.1, -0.05) is 12.8 Å². The van der Waals surface area contributed by atoms with Gasteiger partial charge in [-0.2, -0.15) is 0 Å². The van der Waals surface area contributed by atoms with E-state index in [-0.39, 0.29) is 0 Å². The molecule has 0 saturated heterocycles. The largest absolute Gasteiger partial charge is 0.298 e. The second kappa shape index (κ2) is 3.66. The molecule has 0 N–H and O–H groups in total. The lowest BCUT2D eigenvalue weighted by molar-refractivity contribution is 0.112. The minimum absolute atomic E-state index is 0.471. The average molecular weight is 216 g/mol. The molecule has 5 heteroatoms. The number of aldehydes is 1. The highest BCUT2D eigenvalue weighted by Crippen LogP contribution is 2.32. The van der Waals surface area contributed by atoms with Crippen molar-refractivity contribution in [3.8, 4) is 0 Å². The Labute approximate surface area is 92.5 Å². The van der Waals surface area contributed by atoms with Crippen LogP contribution < -0.4 is 0 Å². The van der Waals surface area contributed by atoms with E-state index in [4.69, 9.17) is 0 Å². The van der Waals surface area contributed by atoms with Crippen LogP contribution in [0.1, 0.15) is 47.8 Å². The van der Waals surface area contributed by atoms with Gasteiger partial charge < -0.3 is 0 Å². The molecule has 16 heavy (non-hydrogen) atoms. The van der Waals surface area contributed by atoms with Crippen molar-refractivity contribution in [2.24, 2.45) is 0 Å². The van der Waals surface area contributed by atoms with Gasteiger partial charge in [0, 0.05) is 23.9 Å².